The number of rotatable bonds is 2. The maximum Gasteiger partial charge on any atom is 0.242 e. The van der Waals surface area contributed by atoms with Gasteiger partial charge in [0.15, 0.2) is 5.75 Å². The fourth-order valence-electron chi connectivity index (χ4n) is 1.43. The Kier molecular flexibility index (Phi) is 2.45. The zero-order valence-corrected chi connectivity index (χ0v) is 9.74. The number of tetrazole rings is 1. The Morgan fingerprint density at radius 1 is 1.28 bits per heavy atom. The molecule has 2 N–H and O–H groups in total. The summed E-state index contributed by atoms with van der Waals surface area (Å²) in [6.45, 7) is 0. The van der Waals surface area contributed by atoms with Crippen LogP contribution in [0, 0.1) is 0 Å². The Morgan fingerprint density at radius 2 is 2.17 bits per heavy atom. The van der Waals surface area contributed by atoms with Crippen molar-refractivity contribution in [3.8, 4) is 11.6 Å². The van der Waals surface area contributed by atoms with Gasteiger partial charge in [0.2, 0.25) is 11.5 Å². The van der Waals surface area contributed by atoms with Crippen LogP contribution < -0.4 is 10.5 Å². The zero-order chi connectivity index (χ0) is 12.5. The maximum atomic E-state index is 5.88. The van der Waals surface area contributed by atoms with Gasteiger partial charge in [-0.2, -0.15) is 4.52 Å². The lowest BCUT2D eigenvalue weighted by Gasteiger charge is -2.08. The number of aromatic nitrogens is 5. The van der Waals surface area contributed by atoms with Crippen molar-refractivity contribution in [2.24, 2.45) is 0 Å². The van der Waals surface area contributed by atoms with Crippen molar-refractivity contribution in [1.82, 2.24) is 25.0 Å². The number of nitrogens with two attached hydrogens (primary N) is 1. The molecule has 3 rings (SSSR count). The van der Waals surface area contributed by atoms with E-state index < -0.39 is 0 Å². The lowest BCUT2D eigenvalue weighted by atomic mass is 10.3. The van der Waals surface area contributed by atoms with E-state index in [2.05, 4.69) is 20.5 Å². The molecule has 1 aromatic carbocycles. The molecule has 0 atom stereocenters. The van der Waals surface area contributed by atoms with E-state index in [4.69, 9.17) is 22.1 Å². The Morgan fingerprint density at radius 3 is 3.06 bits per heavy atom. The Balaban J connectivity index is 2.06. The van der Waals surface area contributed by atoms with Gasteiger partial charge in [0.1, 0.15) is 0 Å². The standard InChI is InChI=1S/C10H7ClN6O/c11-6-1-2-7(12)8(3-6)18-10-5-13-4-9-14-15-16-17(9)10/h1-5H,12H2. The SMILES string of the molecule is Nc1ccc(Cl)cc1Oc1cncc2nnnn12. The van der Waals surface area contributed by atoms with Gasteiger partial charge in [-0.3, -0.25) is 4.98 Å². The molecule has 0 bridgehead atoms. The van der Waals surface area contributed by atoms with Crippen molar-refractivity contribution in [1.29, 1.82) is 0 Å². The van der Waals surface area contributed by atoms with E-state index in [0.29, 0.717) is 28.0 Å². The van der Waals surface area contributed by atoms with Crippen molar-refractivity contribution in [3.63, 3.8) is 0 Å². The van der Waals surface area contributed by atoms with Gasteiger partial charge >= 0.3 is 0 Å². The molecule has 18 heavy (non-hydrogen) atoms. The molecule has 0 radical (unpaired) electrons. The van der Waals surface area contributed by atoms with Crippen LogP contribution in [0.2, 0.25) is 5.02 Å². The van der Waals surface area contributed by atoms with Crippen LogP contribution in [0.5, 0.6) is 11.6 Å². The van der Waals surface area contributed by atoms with Crippen LogP contribution in [-0.4, -0.2) is 25.0 Å². The molecule has 0 aliphatic carbocycles. The van der Waals surface area contributed by atoms with Gasteiger partial charge < -0.3 is 10.5 Å². The van der Waals surface area contributed by atoms with Gasteiger partial charge in [0.25, 0.3) is 0 Å². The normalized spacial score (nSPS) is 10.7. The summed E-state index contributed by atoms with van der Waals surface area (Å²) >= 11 is 5.88. The predicted octanol–water partition coefficient (Wildman–Crippen LogP) is 1.55. The number of hydrogen-bond donors (Lipinski definition) is 1. The molecule has 0 aliphatic rings. The first-order valence-electron chi connectivity index (χ1n) is 4.99. The second kappa shape index (κ2) is 4.11. The van der Waals surface area contributed by atoms with E-state index in [1.165, 1.54) is 16.9 Å². The molecular weight excluding hydrogens is 256 g/mol. The molecule has 0 amide bonds. The highest BCUT2D eigenvalue weighted by atomic mass is 35.5. The Hall–Kier alpha value is -2.41. The molecule has 2 heterocycles. The second-order valence-electron chi connectivity index (χ2n) is 3.48. The lowest BCUT2D eigenvalue weighted by Crippen LogP contribution is -1.99. The first-order valence-corrected chi connectivity index (χ1v) is 5.37. The maximum absolute atomic E-state index is 5.88. The average Bonchev–Trinajstić information content (AvgIpc) is 2.83. The van der Waals surface area contributed by atoms with E-state index in [0.717, 1.165) is 0 Å². The number of nitrogen functional groups attached to an aromatic ring is 1. The quantitative estimate of drug-likeness (QED) is 0.705. The summed E-state index contributed by atoms with van der Waals surface area (Å²) in [5.74, 6) is 0.777. The summed E-state index contributed by atoms with van der Waals surface area (Å²) in [5.41, 5.74) is 6.73. The summed E-state index contributed by atoms with van der Waals surface area (Å²) in [6, 6.07) is 4.95. The van der Waals surface area contributed by atoms with Gasteiger partial charge in [0, 0.05) is 11.1 Å². The first-order chi connectivity index (χ1) is 8.74. The highest BCUT2D eigenvalue weighted by Crippen LogP contribution is 2.29. The summed E-state index contributed by atoms with van der Waals surface area (Å²) in [5, 5.41) is 11.6. The molecule has 0 aliphatic heterocycles. The molecular formula is C10H7ClN6O. The molecule has 0 fully saturated rings. The van der Waals surface area contributed by atoms with Crippen LogP contribution in [0.15, 0.2) is 30.6 Å². The van der Waals surface area contributed by atoms with Crippen LogP contribution in [0.25, 0.3) is 5.65 Å². The molecule has 2 aromatic heterocycles. The molecule has 90 valence electrons. The van der Waals surface area contributed by atoms with E-state index >= 15 is 0 Å². The fourth-order valence-corrected chi connectivity index (χ4v) is 1.59. The van der Waals surface area contributed by atoms with Gasteiger partial charge in [0.05, 0.1) is 18.1 Å². The first kappa shape index (κ1) is 10.7. The van der Waals surface area contributed by atoms with Crippen LogP contribution in [0.3, 0.4) is 0 Å². The number of fused-ring (bicyclic) bond motifs is 1. The topological polar surface area (TPSA) is 91.2 Å². The van der Waals surface area contributed by atoms with Gasteiger partial charge in [-0.25, -0.2) is 0 Å². The van der Waals surface area contributed by atoms with Crippen molar-refractivity contribution >= 4 is 22.9 Å². The van der Waals surface area contributed by atoms with Crippen LogP contribution in [-0.2, 0) is 0 Å². The Labute approximate surface area is 106 Å². The number of hydrogen-bond acceptors (Lipinski definition) is 6. The van der Waals surface area contributed by atoms with Crippen molar-refractivity contribution in [2.45, 2.75) is 0 Å². The summed E-state index contributed by atoms with van der Waals surface area (Å²) in [4.78, 5) is 3.97. The minimum atomic E-state index is 0.353. The zero-order valence-electron chi connectivity index (χ0n) is 8.99. The van der Waals surface area contributed by atoms with Crippen molar-refractivity contribution in [3.05, 3.63) is 35.6 Å². The molecule has 7 nitrogen and oxygen atoms in total. The number of ether oxygens (including phenoxy) is 1. The highest BCUT2D eigenvalue weighted by Gasteiger charge is 2.08. The number of anilines is 1. The third-order valence-corrected chi connectivity index (χ3v) is 2.50. The molecule has 0 spiro atoms. The summed E-state index contributed by atoms with van der Waals surface area (Å²) < 4.78 is 7.02. The van der Waals surface area contributed by atoms with Gasteiger partial charge in [-0.15, -0.1) is 5.10 Å². The number of benzene rings is 1. The third kappa shape index (κ3) is 1.80. The minimum Gasteiger partial charge on any atom is -0.435 e. The molecule has 3 aromatic rings. The summed E-state index contributed by atoms with van der Waals surface area (Å²) in [6.07, 6.45) is 3.01. The predicted molar refractivity (Wildman–Crippen MR) is 64.5 cm³/mol. The number of halogens is 1. The number of nitrogens with zero attached hydrogens (tertiary/aromatic N) is 5. The van der Waals surface area contributed by atoms with E-state index in [1.807, 2.05) is 0 Å². The molecule has 8 heteroatoms. The molecule has 0 unspecified atom stereocenters. The highest BCUT2D eigenvalue weighted by molar-refractivity contribution is 6.30. The van der Waals surface area contributed by atoms with Gasteiger partial charge in [-0.1, -0.05) is 11.6 Å². The fraction of sp³-hybridized carbons (Fsp3) is 0. The van der Waals surface area contributed by atoms with Crippen LogP contribution in [0.1, 0.15) is 0 Å². The van der Waals surface area contributed by atoms with E-state index in [1.54, 1.807) is 18.2 Å². The van der Waals surface area contributed by atoms with Crippen molar-refractivity contribution in [2.75, 3.05) is 5.73 Å². The largest absolute Gasteiger partial charge is 0.435 e. The monoisotopic (exact) mass is 262 g/mol. The average molecular weight is 263 g/mol. The van der Waals surface area contributed by atoms with E-state index in [9.17, 15) is 0 Å². The Bertz CT molecular complexity index is 712. The molecule has 0 saturated carbocycles. The lowest BCUT2D eigenvalue weighted by molar-refractivity contribution is 0.444. The minimum absolute atomic E-state index is 0.353. The summed E-state index contributed by atoms with van der Waals surface area (Å²) in [7, 11) is 0. The van der Waals surface area contributed by atoms with Crippen LogP contribution in [0.4, 0.5) is 5.69 Å². The second-order valence-corrected chi connectivity index (χ2v) is 3.92. The van der Waals surface area contributed by atoms with E-state index in [-0.39, 0.29) is 0 Å². The molecule has 0 saturated heterocycles. The third-order valence-electron chi connectivity index (χ3n) is 2.27. The van der Waals surface area contributed by atoms with Crippen LogP contribution >= 0.6 is 11.6 Å². The van der Waals surface area contributed by atoms with Crippen molar-refractivity contribution < 1.29 is 4.74 Å². The van der Waals surface area contributed by atoms with Gasteiger partial charge in [-0.05, 0) is 22.6 Å². The smallest absolute Gasteiger partial charge is 0.242 e.